The summed E-state index contributed by atoms with van der Waals surface area (Å²) in [7, 11) is 0. The van der Waals surface area contributed by atoms with Crippen LogP contribution in [0.2, 0.25) is 0 Å². The van der Waals surface area contributed by atoms with Gasteiger partial charge >= 0.3 is 0 Å². The minimum atomic E-state index is 1.36. The van der Waals surface area contributed by atoms with Gasteiger partial charge in [-0.25, -0.2) is 0 Å². The van der Waals surface area contributed by atoms with Gasteiger partial charge in [0.15, 0.2) is 0 Å². The molecule has 0 spiro atoms. The summed E-state index contributed by atoms with van der Waals surface area (Å²) in [5.74, 6) is 0. The number of benzene rings is 2. The van der Waals surface area contributed by atoms with E-state index in [4.69, 9.17) is 0 Å². The molecular formula is C20H28. The maximum absolute atomic E-state index is 2.24. The average Bonchev–Trinajstić information content (AvgIpc) is 2.34. The Balaban J connectivity index is 0.000000200. The molecule has 2 rings (SSSR count). The highest BCUT2D eigenvalue weighted by molar-refractivity contribution is 5.36. The molecule has 0 heteroatoms. The first-order valence-electron chi connectivity index (χ1n) is 7.31. The molecule has 0 unspecified atom stereocenters. The molecule has 0 saturated heterocycles. The van der Waals surface area contributed by atoms with Crippen LogP contribution < -0.4 is 0 Å². The van der Waals surface area contributed by atoms with E-state index in [9.17, 15) is 0 Å². The van der Waals surface area contributed by atoms with E-state index in [2.05, 4.69) is 79.7 Å². The third kappa shape index (κ3) is 4.23. The lowest BCUT2D eigenvalue weighted by Gasteiger charge is -2.04. The fraction of sp³-hybridized carbons (Fsp3) is 0.400. The molecule has 0 N–H and O–H groups in total. The maximum Gasteiger partial charge on any atom is -0.0392 e. The summed E-state index contributed by atoms with van der Waals surface area (Å²) in [5.41, 5.74) is 11.2. The van der Waals surface area contributed by atoms with Crippen molar-refractivity contribution in [1.82, 2.24) is 0 Å². The van der Waals surface area contributed by atoms with Crippen LogP contribution in [0.4, 0.5) is 0 Å². The van der Waals surface area contributed by atoms with Crippen molar-refractivity contribution in [2.24, 2.45) is 0 Å². The van der Waals surface area contributed by atoms with Crippen molar-refractivity contribution in [2.45, 2.75) is 55.4 Å². The molecule has 0 heterocycles. The smallest absolute Gasteiger partial charge is 0.0392 e. The van der Waals surface area contributed by atoms with Gasteiger partial charge in [0, 0.05) is 0 Å². The summed E-state index contributed by atoms with van der Waals surface area (Å²) in [6.07, 6.45) is 0. The Hall–Kier alpha value is -1.56. The fourth-order valence-electron chi connectivity index (χ4n) is 2.36. The highest BCUT2D eigenvalue weighted by Gasteiger charge is 1.96. The maximum atomic E-state index is 2.24. The molecular weight excluding hydrogens is 240 g/mol. The molecule has 0 amide bonds. The Morgan fingerprint density at radius 1 is 0.400 bits per heavy atom. The SMILES string of the molecule is Cc1cc(C)c(C)c(C)c1.Cc1cc(C)c(C)cc1C. The fourth-order valence-corrected chi connectivity index (χ4v) is 2.36. The summed E-state index contributed by atoms with van der Waals surface area (Å²) in [6, 6.07) is 8.93. The summed E-state index contributed by atoms with van der Waals surface area (Å²) < 4.78 is 0. The molecule has 0 atom stereocenters. The van der Waals surface area contributed by atoms with Gasteiger partial charge in [-0.2, -0.15) is 0 Å². The zero-order valence-electron chi connectivity index (χ0n) is 14.3. The van der Waals surface area contributed by atoms with Crippen molar-refractivity contribution in [1.29, 1.82) is 0 Å². The van der Waals surface area contributed by atoms with Gasteiger partial charge in [-0.05, 0) is 94.3 Å². The highest BCUT2D eigenvalue weighted by Crippen LogP contribution is 2.14. The summed E-state index contributed by atoms with van der Waals surface area (Å²) in [5, 5.41) is 0. The van der Waals surface area contributed by atoms with Gasteiger partial charge in [0.25, 0.3) is 0 Å². The molecule has 2 aromatic carbocycles. The first-order valence-corrected chi connectivity index (χ1v) is 7.31. The van der Waals surface area contributed by atoms with Crippen LogP contribution in [0.25, 0.3) is 0 Å². The second-order valence-corrected chi connectivity index (χ2v) is 6.04. The van der Waals surface area contributed by atoms with Crippen LogP contribution >= 0.6 is 0 Å². The minimum absolute atomic E-state index is 1.36. The second kappa shape index (κ2) is 6.74. The molecule has 2 aromatic rings. The Morgan fingerprint density at radius 2 is 0.700 bits per heavy atom. The zero-order chi connectivity index (χ0) is 15.4. The quantitative estimate of drug-likeness (QED) is 0.563. The predicted octanol–water partition coefficient (Wildman–Crippen LogP) is 5.84. The molecule has 0 nitrogen and oxygen atoms in total. The minimum Gasteiger partial charge on any atom is -0.0561 e. The van der Waals surface area contributed by atoms with Gasteiger partial charge in [-0.15, -0.1) is 0 Å². The van der Waals surface area contributed by atoms with E-state index < -0.39 is 0 Å². The Labute approximate surface area is 124 Å². The van der Waals surface area contributed by atoms with E-state index in [1.54, 1.807) is 0 Å². The molecule has 0 aliphatic carbocycles. The predicted molar refractivity (Wildman–Crippen MR) is 90.8 cm³/mol. The van der Waals surface area contributed by atoms with Gasteiger partial charge in [0.05, 0.1) is 0 Å². The van der Waals surface area contributed by atoms with Crippen LogP contribution in [0.15, 0.2) is 24.3 Å². The van der Waals surface area contributed by atoms with Crippen LogP contribution in [-0.2, 0) is 0 Å². The van der Waals surface area contributed by atoms with Crippen LogP contribution in [0.5, 0.6) is 0 Å². The third-order valence-corrected chi connectivity index (χ3v) is 4.18. The van der Waals surface area contributed by atoms with Crippen molar-refractivity contribution in [2.75, 3.05) is 0 Å². The van der Waals surface area contributed by atoms with Crippen molar-refractivity contribution in [3.8, 4) is 0 Å². The second-order valence-electron chi connectivity index (χ2n) is 6.04. The van der Waals surface area contributed by atoms with Gasteiger partial charge in [0.2, 0.25) is 0 Å². The zero-order valence-corrected chi connectivity index (χ0v) is 14.3. The summed E-state index contributed by atoms with van der Waals surface area (Å²) in [6.45, 7) is 17.3. The number of hydrogen-bond donors (Lipinski definition) is 0. The number of aryl methyl sites for hydroxylation is 7. The topological polar surface area (TPSA) is 0 Å². The Kier molecular flexibility index (Phi) is 5.56. The van der Waals surface area contributed by atoms with Crippen LogP contribution in [-0.4, -0.2) is 0 Å². The largest absolute Gasteiger partial charge is 0.0561 e. The van der Waals surface area contributed by atoms with Crippen LogP contribution in [0, 0.1) is 55.4 Å². The molecule has 0 bridgehead atoms. The van der Waals surface area contributed by atoms with Gasteiger partial charge < -0.3 is 0 Å². The first-order chi connectivity index (χ1) is 9.22. The monoisotopic (exact) mass is 268 g/mol. The van der Waals surface area contributed by atoms with Crippen molar-refractivity contribution >= 4 is 0 Å². The molecule has 0 saturated carbocycles. The third-order valence-electron chi connectivity index (χ3n) is 4.18. The lowest BCUT2D eigenvalue weighted by molar-refractivity contribution is 1.23. The van der Waals surface area contributed by atoms with Gasteiger partial charge in [-0.1, -0.05) is 29.8 Å². The Bertz CT molecular complexity index is 530. The van der Waals surface area contributed by atoms with Crippen LogP contribution in [0.1, 0.15) is 44.5 Å². The van der Waals surface area contributed by atoms with Crippen molar-refractivity contribution < 1.29 is 0 Å². The van der Waals surface area contributed by atoms with E-state index in [-0.39, 0.29) is 0 Å². The lowest BCUT2D eigenvalue weighted by atomic mass is 10.0. The lowest BCUT2D eigenvalue weighted by Crippen LogP contribution is -1.86. The highest BCUT2D eigenvalue weighted by atomic mass is 14.0. The summed E-state index contributed by atoms with van der Waals surface area (Å²) in [4.78, 5) is 0. The van der Waals surface area contributed by atoms with Crippen molar-refractivity contribution in [3.05, 3.63) is 68.8 Å². The molecule has 20 heavy (non-hydrogen) atoms. The molecule has 0 fully saturated rings. The number of hydrogen-bond acceptors (Lipinski definition) is 0. The normalized spacial score (nSPS) is 10.0. The Morgan fingerprint density at radius 3 is 1.00 bits per heavy atom. The number of rotatable bonds is 0. The molecule has 0 aliphatic rings. The van der Waals surface area contributed by atoms with Crippen molar-refractivity contribution in [3.63, 3.8) is 0 Å². The van der Waals surface area contributed by atoms with E-state index in [1.807, 2.05) is 0 Å². The van der Waals surface area contributed by atoms with Crippen LogP contribution in [0.3, 0.4) is 0 Å². The molecule has 108 valence electrons. The van der Waals surface area contributed by atoms with E-state index in [1.165, 1.54) is 44.5 Å². The van der Waals surface area contributed by atoms with Gasteiger partial charge in [0.1, 0.15) is 0 Å². The summed E-state index contributed by atoms with van der Waals surface area (Å²) >= 11 is 0. The van der Waals surface area contributed by atoms with E-state index >= 15 is 0 Å². The first kappa shape index (κ1) is 16.5. The standard InChI is InChI=1S/2C10H14/c1-7-5-9(3)10(4)6-8(7)2;1-7-5-8(2)10(4)9(3)6-7/h2*5-6H,1-4H3. The average molecular weight is 268 g/mol. The molecule has 0 aromatic heterocycles. The van der Waals surface area contributed by atoms with Gasteiger partial charge in [-0.3, -0.25) is 0 Å². The van der Waals surface area contributed by atoms with E-state index in [0.29, 0.717) is 0 Å². The molecule has 0 radical (unpaired) electrons. The van der Waals surface area contributed by atoms with E-state index in [0.717, 1.165) is 0 Å². The molecule has 0 aliphatic heterocycles.